The summed E-state index contributed by atoms with van der Waals surface area (Å²) in [4.78, 5) is 14.4. The van der Waals surface area contributed by atoms with Crippen LogP contribution in [0.3, 0.4) is 0 Å². The normalized spacial score (nSPS) is 16.8. The zero-order chi connectivity index (χ0) is 16.9. The molecule has 126 valence electrons. The van der Waals surface area contributed by atoms with E-state index < -0.39 is 0 Å². The van der Waals surface area contributed by atoms with Crippen LogP contribution < -0.4 is 14.8 Å². The predicted molar refractivity (Wildman–Crippen MR) is 93.9 cm³/mol. The molecule has 1 aliphatic rings. The highest BCUT2D eigenvalue weighted by molar-refractivity contribution is 5.91. The van der Waals surface area contributed by atoms with Gasteiger partial charge in [-0.2, -0.15) is 0 Å². The lowest BCUT2D eigenvalue weighted by Gasteiger charge is -2.19. The van der Waals surface area contributed by atoms with Crippen molar-refractivity contribution >= 4 is 11.7 Å². The molecule has 1 aliphatic heterocycles. The monoisotopic (exact) mass is 326 g/mol. The molecule has 2 aromatic rings. The van der Waals surface area contributed by atoms with Crippen LogP contribution in [0.15, 0.2) is 48.5 Å². The second kappa shape index (κ2) is 7.25. The van der Waals surface area contributed by atoms with Gasteiger partial charge in [-0.1, -0.05) is 36.4 Å². The molecular weight excluding hydrogens is 304 g/mol. The molecule has 0 aromatic heterocycles. The topological polar surface area (TPSA) is 50.8 Å². The van der Waals surface area contributed by atoms with Crippen LogP contribution in [0.4, 0.5) is 10.5 Å². The quantitative estimate of drug-likeness (QED) is 0.931. The van der Waals surface area contributed by atoms with Crippen LogP contribution in [0.1, 0.15) is 17.9 Å². The van der Waals surface area contributed by atoms with Crippen molar-refractivity contribution in [1.29, 1.82) is 0 Å². The van der Waals surface area contributed by atoms with E-state index in [-0.39, 0.29) is 6.03 Å². The highest BCUT2D eigenvalue weighted by atomic mass is 16.5. The van der Waals surface area contributed by atoms with Crippen LogP contribution in [0, 0.1) is 0 Å². The molecule has 1 fully saturated rings. The minimum Gasteiger partial charge on any atom is -0.493 e. The standard InChI is InChI=1S/C19H22N2O3/c1-23-17-10-6-9-16(18(17)24-2)20-19(22)21-12-11-15(13-21)14-7-4-3-5-8-14/h3-10,15H,11-13H2,1-2H3,(H,20,22)/t15-/m1/s1. The lowest BCUT2D eigenvalue weighted by Crippen LogP contribution is -2.32. The van der Waals surface area contributed by atoms with E-state index in [0.717, 1.165) is 19.5 Å². The third kappa shape index (κ3) is 3.30. The molecule has 0 spiro atoms. The van der Waals surface area contributed by atoms with Crippen LogP contribution in [0.25, 0.3) is 0 Å². The zero-order valence-electron chi connectivity index (χ0n) is 14.0. The molecule has 0 radical (unpaired) electrons. The second-order valence-electron chi connectivity index (χ2n) is 5.81. The first-order chi connectivity index (χ1) is 11.7. The van der Waals surface area contributed by atoms with E-state index in [4.69, 9.17) is 9.47 Å². The van der Waals surface area contributed by atoms with Crippen molar-refractivity contribution in [3.05, 3.63) is 54.1 Å². The summed E-state index contributed by atoms with van der Waals surface area (Å²) < 4.78 is 10.6. The van der Waals surface area contributed by atoms with Crippen LogP contribution in [0.5, 0.6) is 11.5 Å². The Morgan fingerprint density at radius 3 is 2.58 bits per heavy atom. The van der Waals surface area contributed by atoms with E-state index in [2.05, 4.69) is 17.4 Å². The number of likely N-dealkylation sites (tertiary alicyclic amines) is 1. The first kappa shape index (κ1) is 16.2. The lowest BCUT2D eigenvalue weighted by atomic mass is 9.99. The summed E-state index contributed by atoms with van der Waals surface area (Å²) in [5.41, 5.74) is 1.90. The number of nitrogens with one attached hydrogen (secondary N) is 1. The van der Waals surface area contributed by atoms with Gasteiger partial charge in [0.1, 0.15) is 0 Å². The predicted octanol–water partition coefficient (Wildman–Crippen LogP) is 3.73. The maximum absolute atomic E-state index is 12.6. The van der Waals surface area contributed by atoms with E-state index in [1.165, 1.54) is 5.56 Å². The summed E-state index contributed by atoms with van der Waals surface area (Å²) >= 11 is 0. The van der Waals surface area contributed by atoms with Gasteiger partial charge in [0.25, 0.3) is 0 Å². The molecule has 3 rings (SSSR count). The number of hydrogen-bond donors (Lipinski definition) is 1. The zero-order valence-corrected chi connectivity index (χ0v) is 14.0. The van der Waals surface area contributed by atoms with Gasteiger partial charge in [-0.3, -0.25) is 0 Å². The Bertz CT molecular complexity index is 703. The van der Waals surface area contributed by atoms with Crippen LogP contribution in [-0.2, 0) is 0 Å². The molecule has 1 saturated heterocycles. The summed E-state index contributed by atoms with van der Waals surface area (Å²) in [6.45, 7) is 1.47. The van der Waals surface area contributed by atoms with Crippen LogP contribution in [-0.4, -0.2) is 38.2 Å². The fourth-order valence-corrected chi connectivity index (χ4v) is 3.12. The molecule has 1 atom stereocenters. The van der Waals surface area contributed by atoms with Gasteiger partial charge in [0, 0.05) is 19.0 Å². The second-order valence-corrected chi connectivity index (χ2v) is 5.81. The first-order valence-electron chi connectivity index (χ1n) is 8.04. The fraction of sp³-hybridized carbons (Fsp3) is 0.316. The van der Waals surface area contributed by atoms with Gasteiger partial charge in [-0.25, -0.2) is 4.79 Å². The average molecular weight is 326 g/mol. The number of benzene rings is 2. The van der Waals surface area contributed by atoms with Crippen molar-refractivity contribution in [2.24, 2.45) is 0 Å². The van der Waals surface area contributed by atoms with Gasteiger partial charge in [0.2, 0.25) is 0 Å². The Morgan fingerprint density at radius 1 is 1.08 bits per heavy atom. The lowest BCUT2D eigenvalue weighted by molar-refractivity contribution is 0.222. The Labute approximate surface area is 142 Å². The van der Waals surface area contributed by atoms with Crippen LogP contribution in [0.2, 0.25) is 0 Å². The number of rotatable bonds is 4. The van der Waals surface area contributed by atoms with E-state index >= 15 is 0 Å². The minimum atomic E-state index is -0.111. The van der Waals surface area contributed by atoms with Crippen molar-refractivity contribution in [2.75, 3.05) is 32.6 Å². The Hall–Kier alpha value is -2.69. The Kier molecular flexibility index (Phi) is 4.89. The summed E-state index contributed by atoms with van der Waals surface area (Å²) in [5.74, 6) is 1.52. The summed E-state index contributed by atoms with van der Waals surface area (Å²) in [6.07, 6.45) is 0.979. The van der Waals surface area contributed by atoms with Gasteiger partial charge in [0.05, 0.1) is 19.9 Å². The molecule has 0 unspecified atom stereocenters. The van der Waals surface area contributed by atoms with E-state index in [9.17, 15) is 4.79 Å². The maximum Gasteiger partial charge on any atom is 0.321 e. The molecule has 0 saturated carbocycles. The van der Waals surface area contributed by atoms with Crippen molar-refractivity contribution in [3.63, 3.8) is 0 Å². The van der Waals surface area contributed by atoms with Gasteiger partial charge in [-0.05, 0) is 24.1 Å². The molecule has 2 aromatic carbocycles. The van der Waals surface area contributed by atoms with Crippen molar-refractivity contribution in [1.82, 2.24) is 4.90 Å². The van der Waals surface area contributed by atoms with E-state index in [1.807, 2.05) is 35.2 Å². The van der Waals surface area contributed by atoms with Gasteiger partial charge in [0.15, 0.2) is 11.5 Å². The number of amides is 2. The molecule has 5 heteroatoms. The fourth-order valence-electron chi connectivity index (χ4n) is 3.12. The number of carbonyl (C=O) groups is 1. The number of para-hydroxylation sites is 1. The number of methoxy groups -OCH3 is 2. The largest absolute Gasteiger partial charge is 0.493 e. The molecule has 1 N–H and O–H groups in total. The summed E-state index contributed by atoms with van der Waals surface area (Å²) in [6, 6.07) is 15.7. The van der Waals surface area contributed by atoms with Crippen LogP contribution >= 0.6 is 0 Å². The SMILES string of the molecule is COc1cccc(NC(=O)N2CC[C@@H](c3ccccc3)C2)c1OC. The summed E-state index contributed by atoms with van der Waals surface area (Å²) in [5, 5.41) is 2.93. The molecule has 5 nitrogen and oxygen atoms in total. The molecule has 1 heterocycles. The maximum atomic E-state index is 12.6. The molecule has 0 bridgehead atoms. The number of urea groups is 1. The highest BCUT2D eigenvalue weighted by Crippen LogP contribution is 2.35. The molecule has 2 amide bonds. The van der Waals surface area contributed by atoms with Crippen molar-refractivity contribution < 1.29 is 14.3 Å². The van der Waals surface area contributed by atoms with Gasteiger partial charge < -0.3 is 19.7 Å². The van der Waals surface area contributed by atoms with E-state index in [0.29, 0.717) is 23.1 Å². The summed E-state index contributed by atoms with van der Waals surface area (Å²) in [7, 11) is 3.14. The Morgan fingerprint density at radius 2 is 1.88 bits per heavy atom. The number of nitrogens with zero attached hydrogens (tertiary/aromatic N) is 1. The van der Waals surface area contributed by atoms with E-state index in [1.54, 1.807) is 20.3 Å². The smallest absolute Gasteiger partial charge is 0.321 e. The number of carbonyl (C=O) groups excluding carboxylic acids is 1. The first-order valence-corrected chi connectivity index (χ1v) is 8.04. The number of ether oxygens (including phenoxy) is 2. The molecule has 24 heavy (non-hydrogen) atoms. The van der Waals surface area contributed by atoms with Gasteiger partial charge in [-0.15, -0.1) is 0 Å². The molecular formula is C19H22N2O3. The molecule has 0 aliphatic carbocycles. The number of hydrogen-bond acceptors (Lipinski definition) is 3. The van der Waals surface area contributed by atoms with Crippen molar-refractivity contribution in [3.8, 4) is 11.5 Å². The third-order valence-electron chi connectivity index (χ3n) is 4.39. The number of anilines is 1. The highest BCUT2D eigenvalue weighted by Gasteiger charge is 2.27. The van der Waals surface area contributed by atoms with Gasteiger partial charge >= 0.3 is 6.03 Å². The Balaban J connectivity index is 1.68. The minimum absolute atomic E-state index is 0.111. The third-order valence-corrected chi connectivity index (χ3v) is 4.39. The average Bonchev–Trinajstić information content (AvgIpc) is 3.12. The van der Waals surface area contributed by atoms with Crippen molar-refractivity contribution in [2.45, 2.75) is 12.3 Å².